The molecule has 19 heavy (non-hydrogen) atoms. The van der Waals surface area contributed by atoms with E-state index in [-0.39, 0.29) is 0 Å². The van der Waals surface area contributed by atoms with Gasteiger partial charge in [0.05, 0.1) is 5.56 Å². The normalized spacial score (nSPS) is 18.5. The number of primary amides is 1. The lowest BCUT2D eigenvalue weighted by Gasteiger charge is -2.26. The van der Waals surface area contributed by atoms with Gasteiger partial charge in [0.25, 0.3) is 0 Å². The van der Waals surface area contributed by atoms with E-state index in [1.807, 2.05) is 6.07 Å². The molecule has 2 heterocycles. The van der Waals surface area contributed by atoms with Gasteiger partial charge in [-0.3, -0.25) is 4.79 Å². The molecule has 1 aliphatic heterocycles. The van der Waals surface area contributed by atoms with E-state index < -0.39 is 5.91 Å². The van der Waals surface area contributed by atoms with Gasteiger partial charge in [-0.1, -0.05) is 6.92 Å². The Morgan fingerprint density at radius 2 is 2.42 bits per heavy atom. The fourth-order valence-corrected chi connectivity index (χ4v) is 2.47. The number of carbonyl (C=O) groups is 1. The van der Waals surface area contributed by atoms with E-state index in [4.69, 9.17) is 5.73 Å². The number of nitrogens with one attached hydrogen (secondary N) is 1. The molecule has 2 rings (SSSR count). The molecule has 5 heteroatoms. The number of hydrogen-bond donors (Lipinski definition) is 2. The molecular weight excluding hydrogens is 240 g/mol. The summed E-state index contributed by atoms with van der Waals surface area (Å²) in [5, 5.41) is 3.50. The number of aromatic nitrogens is 1. The minimum absolute atomic E-state index is 0.432. The third-order valence-electron chi connectivity index (χ3n) is 3.45. The van der Waals surface area contributed by atoms with Crippen molar-refractivity contribution in [3.05, 3.63) is 23.9 Å². The van der Waals surface area contributed by atoms with Gasteiger partial charge in [-0.05, 0) is 37.9 Å². The van der Waals surface area contributed by atoms with Crippen LogP contribution in [-0.4, -0.2) is 36.6 Å². The molecule has 5 nitrogen and oxygen atoms in total. The molecular formula is C14H22N4O. The second kappa shape index (κ2) is 6.52. The third-order valence-corrected chi connectivity index (χ3v) is 3.45. The van der Waals surface area contributed by atoms with E-state index in [1.54, 1.807) is 12.3 Å². The first-order chi connectivity index (χ1) is 9.20. The summed E-state index contributed by atoms with van der Waals surface area (Å²) in [5.41, 5.74) is 5.69. The van der Waals surface area contributed by atoms with E-state index in [9.17, 15) is 4.79 Å². The Kier molecular flexibility index (Phi) is 4.74. The molecule has 3 N–H and O–H groups in total. The standard InChI is InChI=1S/C14H22N4O/c1-2-8-18(10-12-4-3-7-16-12)13-6-5-11(9-17-13)14(15)19/h5-6,9,12,16H,2-4,7-8,10H2,1H3,(H2,15,19). The summed E-state index contributed by atoms with van der Waals surface area (Å²) in [4.78, 5) is 17.7. The molecule has 1 aromatic heterocycles. The third kappa shape index (κ3) is 3.67. The lowest BCUT2D eigenvalue weighted by atomic mass is 10.2. The highest BCUT2D eigenvalue weighted by Gasteiger charge is 2.18. The van der Waals surface area contributed by atoms with Gasteiger partial charge >= 0.3 is 0 Å². The predicted molar refractivity (Wildman–Crippen MR) is 76.3 cm³/mol. The Hall–Kier alpha value is -1.62. The van der Waals surface area contributed by atoms with Crippen LogP contribution in [0.4, 0.5) is 5.82 Å². The number of rotatable bonds is 6. The van der Waals surface area contributed by atoms with E-state index in [2.05, 4.69) is 22.1 Å². The van der Waals surface area contributed by atoms with Crippen LogP contribution in [0.3, 0.4) is 0 Å². The molecule has 1 atom stereocenters. The van der Waals surface area contributed by atoms with Crippen LogP contribution >= 0.6 is 0 Å². The maximum atomic E-state index is 11.0. The van der Waals surface area contributed by atoms with Crippen molar-refractivity contribution < 1.29 is 4.79 Å². The van der Waals surface area contributed by atoms with Gasteiger partial charge in [0.2, 0.25) is 5.91 Å². The predicted octanol–water partition coefficient (Wildman–Crippen LogP) is 1.15. The van der Waals surface area contributed by atoms with Gasteiger partial charge in [-0.15, -0.1) is 0 Å². The Balaban J connectivity index is 2.06. The highest BCUT2D eigenvalue weighted by molar-refractivity contribution is 5.92. The Morgan fingerprint density at radius 3 is 2.95 bits per heavy atom. The minimum atomic E-state index is -0.432. The van der Waals surface area contributed by atoms with Gasteiger partial charge in [0.1, 0.15) is 5.82 Å². The highest BCUT2D eigenvalue weighted by atomic mass is 16.1. The summed E-state index contributed by atoms with van der Waals surface area (Å²) < 4.78 is 0. The summed E-state index contributed by atoms with van der Waals surface area (Å²) in [6.07, 6.45) is 5.10. The van der Waals surface area contributed by atoms with E-state index in [0.717, 1.165) is 31.9 Å². The summed E-state index contributed by atoms with van der Waals surface area (Å²) >= 11 is 0. The highest BCUT2D eigenvalue weighted by Crippen LogP contribution is 2.15. The molecule has 1 saturated heterocycles. The molecule has 1 unspecified atom stereocenters. The van der Waals surface area contributed by atoms with E-state index >= 15 is 0 Å². The Bertz CT molecular complexity index is 412. The average Bonchev–Trinajstić information content (AvgIpc) is 2.91. The largest absolute Gasteiger partial charge is 0.366 e. The molecule has 1 fully saturated rings. The number of anilines is 1. The van der Waals surface area contributed by atoms with Crippen molar-refractivity contribution in [2.75, 3.05) is 24.5 Å². The zero-order valence-corrected chi connectivity index (χ0v) is 11.4. The summed E-state index contributed by atoms with van der Waals surface area (Å²) in [7, 11) is 0. The topological polar surface area (TPSA) is 71.2 Å². The molecule has 0 aliphatic carbocycles. The number of nitrogens with zero attached hydrogens (tertiary/aromatic N) is 2. The van der Waals surface area contributed by atoms with Crippen LogP contribution in [0.15, 0.2) is 18.3 Å². The van der Waals surface area contributed by atoms with E-state index in [1.165, 1.54) is 12.8 Å². The molecule has 1 aliphatic rings. The van der Waals surface area contributed by atoms with Crippen molar-refractivity contribution in [2.24, 2.45) is 5.73 Å². The SMILES string of the molecule is CCCN(CC1CCCN1)c1ccc(C(N)=O)cn1. The number of hydrogen-bond acceptors (Lipinski definition) is 4. The van der Waals surface area contributed by atoms with Crippen LogP contribution in [-0.2, 0) is 0 Å². The zero-order chi connectivity index (χ0) is 13.7. The van der Waals surface area contributed by atoms with Crippen LogP contribution < -0.4 is 16.0 Å². The van der Waals surface area contributed by atoms with Crippen LogP contribution in [0.1, 0.15) is 36.5 Å². The Labute approximate surface area is 114 Å². The first-order valence-electron chi connectivity index (χ1n) is 6.95. The molecule has 1 amide bonds. The minimum Gasteiger partial charge on any atom is -0.366 e. The Morgan fingerprint density at radius 1 is 1.58 bits per heavy atom. The molecule has 0 aromatic carbocycles. The van der Waals surface area contributed by atoms with Gasteiger partial charge in [0, 0.05) is 25.3 Å². The maximum Gasteiger partial charge on any atom is 0.250 e. The first-order valence-corrected chi connectivity index (χ1v) is 6.95. The van der Waals surface area contributed by atoms with Crippen LogP contribution in [0, 0.1) is 0 Å². The number of nitrogens with two attached hydrogens (primary N) is 1. The van der Waals surface area contributed by atoms with Gasteiger partial charge in [-0.2, -0.15) is 0 Å². The molecule has 0 bridgehead atoms. The summed E-state index contributed by atoms with van der Waals surface area (Å²) in [5.74, 6) is 0.485. The summed E-state index contributed by atoms with van der Waals surface area (Å²) in [6, 6.07) is 4.17. The second-order valence-corrected chi connectivity index (χ2v) is 5.01. The van der Waals surface area contributed by atoms with Crippen LogP contribution in [0.25, 0.3) is 0 Å². The van der Waals surface area contributed by atoms with Crippen LogP contribution in [0.2, 0.25) is 0 Å². The molecule has 1 aromatic rings. The molecule has 0 radical (unpaired) electrons. The smallest absolute Gasteiger partial charge is 0.250 e. The molecule has 104 valence electrons. The van der Waals surface area contributed by atoms with Crippen molar-refractivity contribution in [3.8, 4) is 0 Å². The zero-order valence-electron chi connectivity index (χ0n) is 11.4. The van der Waals surface area contributed by atoms with E-state index in [0.29, 0.717) is 11.6 Å². The quantitative estimate of drug-likeness (QED) is 0.806. The van der Waals surface area contributed by atoms with Gasteiger partial charge in [0.15, 0.2) is 0 Å². The van der Waals surface area contributed by atoms with Crippen molar-refractivity contribution in [1.82, 2.24) is 10.3 Å². The van der Waals surface area contributed by atoms with Gasteiger partial charge < -0.3 is 16.0 Å². The number of pyridine rings is 1. The average molecular weight is 262 g/mol. The van der Waals surface area contributed by atoms with Crippen LogP contribution in [0.5, 0.6) is 0 Å². The lowest BCUT2D eigenvalue weighted by Crippen LogP contribution is -2.38. The maximum absolute atomic E-state index is 11.0. The van der Waals surface area contributed by atoms with Crippen molar-refractivity contribution in [2.45, 2.75) is 32.2 Å². The first kappa shape index (κ1) is 13.8. The van der Waals surface area contributed by atoms with Crippen molar-refractivity contribution in [1.29, 1.82) is 0 Å². The van der Waals surface area contributed by atoms with Crippen molar-refractivity contribution >= 4 is 11.7 Å². The number of amides is 1. The number of carbonyl (C=O) groups excluding carboxylic acids is 1. The molecule has 0 saturated carbocycles. The fraction of sp³-hybridized carbons (Fsp3) is 0.571. The van der Waals surface area contributed by atoms with Gasteiger partial charge in [-0.25, -0.2) is 4.98 Å². The fourth-order valence-electron chi connectivity index (χ4n) is 2.47. The molecule has 0 spiro atoms. The second-order valence-electron chi connectivity index (χ2n) is 5.01. The van der Waals surface area contributed by atoms with Crippen molar-refractivity contribution in [3.63, 3.8) is 0 Å². The lowest BCUT2D eigenvalue weighted by molar-refractivity contribution is 0.1000. The monoisotopic (exact) mass is 262 g/mol. The summed E-state index contributed by atoms with van der Waals surface area (Å²) in [6.45, 7) is 5.21.